The molecule has 0 radical (unpaired) electrons. The van der Waals surface area contributed by atoms with E-state index in [9.17, 15) is 0 Å². The van der Waals surface area contributed by atoms with Gasteiger partial charge in [-0.25, -0.2) is 0 Å². The van der Waals surface area contributed by atoms with Crippen LogP contribution in [0.3, 0.4) is 0 Å². The highest BCUT2D eigenvalue weighted by Crippen LogP contribution is 2.27. The van der Waals surface area contributed by atoms with Gasteiger partial charge in [-0.2, -0.15) is 0 Å². The predicted octanol–water partition coefficient (Wildman–Crippen LogP) is 3.83. The number of nitrogen functional groups attached to an aromatic ring is 1. The summed E-state index contributed by atoms with van der Waals surface area (Å²) in [4.78, 5) is 0. The van der Waals surface area contributed by atoms with Crippen molar-refractivity contribution in [1.29, 1.82) is 0 Å². The Morgan fingerprint density at radius 2 is 1.79 bits per heavy atom. The number of aryl methyl sites for hydroxylation is 1. The molecule has 0 spiro atoms. The van der Waals surface area contributed by atoms with Crippen LogP contribution in [-0.4, -0.2) is 0 Å². The molecule has 0 amide bonds. The Balaban J connectivity index is 3.08. The van der Waals surface area contributed by atoms with Gasteiger partial charge in [-0.15, -0.1) is 0 Å². The molecule has 0 aliphatic heterocycles. The molecule has 0 heterocycles. The first-order valence-corrected chi connectivity index (χ1v) is 5.64. The summed E-state index contributed by atoms with van der Waals surface area (Å²) in [6.07, 6.45) is 4.39. The summed E-state index contributed by atoms with van der Waals surface area (Å²) in [5.74, 6) is 0. The van der Waals surface area contributed by atoms with Gasteiger partial charge in [0.25, 0.3) is 0 Å². The third-order valence-electron chi connectivity index (χ3n) is 2.42. The fourth-order valence-electron chi connectivity index (χ4n) is 1.73. The van der Waals surface area contributed by atoms with Crippen LogP contribution < -0.4 is 5.73 Å². The molecule has 0 aliphatic rings. The molecule has 14 heavy (non-hydrogen) atoms. The number of hydrogen-bond donors (Lipinski definition) is 1. The average Bonchev–Trinajstić information content (AvgIpc) is 2.18. The second-order valence-electron chi connectivity index (χ2n) is 3.60. The molecule has 1 rings (SSSR count). The lowest BCUT2D eigenvalue weighted by atomic mass is 9.98. The highest BCUT2D eigenvalue weighted by molar-refractivity contribution is 6.33. The smallest absolute Gasteiger partial charge is 0.0638 e. The standard InChI is InChI=1S/C12H18ClN/c1-3-5-9-7-8-11(13)12(14)10(9)6-4-2/h7-8H,3-6,14H2,1-2H3. The first kappa shape index (κ1) is 11.4. The topological polar surface area (TPSA) is 26.0 Å². The molecule has 78 valence electrons. The molecule has 0 aromatic heterocycles. The lowest BCUT2D eigenvalue weighted by Gasteiger charge is -2.12. The lowest BCUT2D eigenvalue weighted by molar-refractivity contribution is 0.863. The Morgan fingerprint density at radius 3 is 2.36 bits per heavy atom. The van der Waals surface area contributed by atoms with Crippen molar-refractivity contribution >= 4 is 17.3 Å². The Morgan fingerprint density at radius 1 is 1.14 bits per heavy atom. The van der Waals surface area contributed by atoms with Crippen LogP contribution in [0, 0.1) is 0 Å². The Kier molecular flexibility index (Phi) is 4.27. The van der Waals surface area contributed by atoms with E-state index in [0.29, 0.717) is 5.02 Å². The van der Waals surface area contributed by atoms with Crippen LogP contribution in [0.4, 0.5) is 5.69 Å². The first-order chi connectivity index (χ1) is 6.70. The van der Waals surface area contributed by atoms with Crippen molar-refractivity contribution < 1.29 is 0 Å². The summed E-state index contributed by atoms with van der Waals surface area (Å²) < 4.78 is 0. The summed E-state index contributed by atoms with van der Waals surface area (Å²) in [7, 11) is 0. The lowest BCUT2D eigenvalue weighted by Crippen LogP contribution is -2.00. The van der Waals surface area contributed by atoms with E-state index in [1.807, 2.05) is 6.07 Å². The van der Waals surface area contributed by atoms with Gasteiger partial charge < -0.3 is 5.73 Å². The van der Waals surface area contributed by atoms with Crippen molar-refractivity contribution in [2.75, 3.05) is 5.73 Å². The van der Waals surface area contributed by atoms with Gasteiger partial charge in [-0.3, -0.25) is 0 Å². The monoisotopic (exact) mass is 211 g/mol. The van der Waals surface area contributed by atoms with Gasteiger partial charge >= 0.3 is 0 Å². The molecule has 0 aliphatic carbocycles. The maximum atomic E-state index is 6.00. The molecular weight excluding hydrogens is 194 g/mol. The third kappa shape index (κ3) is 2.42. The number of rotatable bonds is 4. The normalized spacial score (nSPS) is 10.5. The quantitative estimate of drug-likeness (QED) is 0.753. The maximum absolute atomic E-state index is 6.00. The van der Waals surface area contributed by atoms with E-state index >= 15 is 0 Å². The average molecular weight is 212 g/mol. The highest BCUT2D eigenvalue weighted by Gasteiger charge is 2.07. The summed E-state index contributed by atoms with van der Waals surface area (Å²) >= 11 is 6.00. The molecule has 0 unspecified atom stereocenters. The van der Waals surface area contributed by atoms with Crippen LogP contribution in [0.5, 0.6) is 0 Å². The molecule has 0 saturated heterocycles. The van der Waals surface area contributed by atoms with Gasteiger partial charge in [0.2, 0.25) is 0 Å². The van der Waals surface area contributed by atoms with Crippen LogP contribution in [0.1, 0.15) is 37.8 Å². The molecule has 0 saturated carbocycles. The van der Waals surface area contributed by atoms with Gasteiger partial charge in [-0.1, -0.05) is 44.4 Å². The zero-order valence-electron chi connectivity index (χ0n) is 8.94. The number of anilines is 1. The molecule has 0 atom stereocenters. The summed E-state index contributed by atoms with van der Waals surface area (Å²) in [6.45, 7) is 4.34. The first-order valence-electron chi connectivity index (χ1n) is 5.26. The van der Waals surface area contributed by atoms with E-state index in [4.69, 9.17) is 17.3 Å². The van der Waals surface area contributed by atoms with Gasteiger partial charge in [-0.05, 0) is 30.0 Å². The second kappa shape index (κ2) is 5.26. The Bertz CT molecular complexity index is 307. The third-order valence-corrected chi connectivity index (χ3v) is 2.75. The second-order valence-corrected chi connectivity index (χ2v) is 4.01. The number of halogens is 1. The SMILES string of the molecule is CCCc1ccc(Cl)c(N)c1CCC. The summed E-state index contributed by atoms with van der Waals surface area (Å²) in [5, 5.41) is 0.688. The Hall–Kier alpha value is -0.690. The van der Waals surface area contributed by atoms with E-state index in [2.05, 4.69) is 19.9 Å². The van der Waals surface area contributed by atoms with Crippen LogP contribution >= 0.6 is 11.6 Å². The van der Waals surface area contributed by atoms with E-state index in [0.717, 1.165) is 31.4 Å². The van der Waals surface area contributed by atoms with E-state index < -0.39 is 0 Å². The van der Waals surface area contributed by atoms with Crippen LogP contribution in [0.15, 0.2) is 12.1 Å². The van der Waals surface area contributed by atoms with Crippen molar-refractivity contribution in [3.05, 3.63) is 28.3 Å². The Labute approximate surface area is 91.3 Å². The fourth-order valence-corrected chi connectivity index (χ4v) is 1.91. The predicted molar refractivity (Wildman–Crippen MR) is 63.9 cm³/mol. The van der Waals surface area contributed by atoms with Crippen LogP contribution in [0.2, 0.25) is 5.02 Å². The van der Waals surface area contributed by atoms with Crippen molar-refractivity contribution in [3.8, 4) is 0 Å². The van der Waals surface area contributed by atoms with E-state index in [1.165, 1.54) is 11.1 Å². The minimum absolute atomic E-state index is 0.688. The zero-order valence-corrected chi connectivity index (χ0v) is 9.69. The summed E-state index contributed by atoms with van der Waals surface area (Å²) in [6, 6.07) is 4.01. The number of nitrogens with two attached hydrogens (primary N) is 1. The van der Waals surface area contributed by atoms with E-state index in [1.54, 1.807) is 0 Å². The van der Waals surface area contributed by atoms with Crippen molar-refractivity contribution in [3.63, 3.8) is 0 Å². The van der Waals surface area contributed by atoms with Gasteiger partial charge in [0, 0.05) is 0 Å². The molecule has 1 nitrogen and oxygen atoms in total. The zero-order chi connectivity index (χ0) is 10.6. The maximum Gasteiger partial charge on any atom is 0.0638 e. The highest BCUT2D eigenvalue weighted by atomic mass is 35.5. The largest absolute Gasteiger partial charge is 0.397 e. The molecule has 0 bridgehead atoms. The molecule has 1 aromatic carbocycles. The molecule has 2 N–H and O–H groups in total. The van der Waals surface area contributed by atoms with Gasteiger partial charge in [0.15, 0.2) is 0 Å². The molecular formula is C12H18ClN. The molecule has 2 heteroatoms. The van der Waals surface area contributed by atoms with Crippen molar-refractivity contribution in [2.24, 2.45) is 0 Å². The summed E-state index contributed by atoms with van der Waals surface area (Å²) in [5.41, 5.74) is 9.35. The van der Waals surface area contributed by atoms with Gasteiger partial charge in [0.05, 0.1) is 10.7 Å². The van der Waals surface area contributed by atoms with Gasteiger partial charge in [0.1, 0.15) is 0 Å². The fraction of sp³-hybridized carbons (Fsp3) is 0.500. The molecule has 1 aromatic rings. The van der Waals surface area contributed by atoms with Crippen LogP contribution in [0.25, 0.3) is 0 Å². The van der Waals surface area contributed by atoms with Crippen LogP contribution in [-0.2, 0) is 12.8 Å². The van der Waals surface area contributed by atoms with Crippen molar-refractivity contribution in [1.82, 2.24) is 0 Å². The number of hydrogen-bond acceptors (Lipinski definition) is 1. The minimum Gasteiger partial charge on any atom is -0.397 e. The number of benzene rings is 1. The minimum atomic E-state index is 0.688. The molecule has 0 fully saturated rings. The van der Waals surface area contributed by atoms with Crippen molar-refractivity contribution in [2.45, 2.75) is 39.5 Å². The van der Waals surface area contributed by atoms with E-state index in [-0.39, 0.29) is 0 Å².